The van der Waals surface area contributed by atoms with Crippen LogP contribution in [0.5, 0.6) is 0 Å². The highest BCUT2D eigenvalue weighted by Crippen LogP contribution is 2.25. The van der Waals surface area contributed by atoms with Crippen molar-refractivity contribution in [2.24, 2.45) is 0 Å². The summed E-state index contributed by atoms with van der Waals surface area (Å²) < 4.78 is 0. The van der Waals surface area contributed by atoms with Crippen LogP contribution in [0.15, 0.2) is 108 Å². The largest absolute Gasteiger partial charge is 0.478 e. The number of hydrogen-bond acceptors (Lipinski definition) is 6. The van der Waals surface area contributed by atoms with Crippen molar-refractivity contribution in [3.05, 3.63) is 125 Å². The van der Waals surface area contributed by atoms with E-state index >= 15 is 0 Å². The number of nitrogens with zero attached hydrogens (tertiary/aromatic N) is 1. The minimum absolute atomic E-state index is 0.00213. The lowest BCUT2D eigenvalue weighted by molar-refractivity contribution is -0.114. The van der Waals surface area contributed by atoms with E-state index in [0.29, 0.717) is 21.7 Å². The van der Waals surface area contributed by atoms with Gasteiger partial charge in [-0.15, -0.1) is 11.8 Å². The summed E-state index contributed by atoms with van der Waals surface area (Å²) in [5.74, 6) is -2.52. The van der Waals surface area contributed by atoms with Gasteiger partial charge in [0.25, 0.3) is 11.8 Å². The maximum atomic E-state index is 13.2. The van der Waals surface area contributed by atoms with Gasteiger partial charge in [0.15, 0.2) is 0 Å². The van der Waals surface area contributed by atoms with E-state index in [0.717, 1.165) is 0 Å². The van der Waals surface area contributed by atoms with Gasteiger partial charge in [0, 0.05) is 28.5 Å². The number of benzene rings is 3. The molecule has 4 aromatic rings. The highest BCUT2D eigenvalue weighted by atomic mass is 35.5. The van der Waals surface area contributed by atoms with Gasteiger partial charge in [0.05, 0.1) is 22.0 Å². The molecular weight excluding hydrogens is 564 g/mol. The number of thioether (sulfide) groups is 1. The summed E-state index contributed by atoms with van der Waals surface area (Å²) in [5.41, 5.74) is 1.68. The highest BCUT2D eigenvalue weighted by Gasteiger charge is 2.16. The second-order valence-corrected chi connectivity index (χ2v) is 9.94. The molecule has 1 aromatic heterocycles. The lowest BCUT2D eigenvalue weighted by atomic mass is 10.2. The zero-order valence-electron chi connectivity index (χ0n) is 21.3. The van der Waals surface area contributed by atoms with E-state index in [1.165, 1.54) is 36.0 Å². The van der Waals surface area contributed by atoms with Crippen LogP contribution in [0.2, 0.25) is 5.02 Å². The zero-order valence-corrected chi connectivity index (χ0v) is 22.9. The van der Waals surface area contributed by atoms with Gasteiger partial charge in [0.2, 0.25) is 5.91 Å². The first-order valence-electron chi connectivity index (χ1n) is 12.1. The van der Waals surface area contributed by atoms with Crippen molar-refractivity contribution in [2.45, 2.75) is 4.90 Å². The molecule has 0 saturated heterocycles. The molecule has 3 amide bonds. The summed E-state index contributed by atoms with van der Waals surface area (Å²) in [6.07, 6.45) is 4.69. The molecule has 0 aliphatic carbocycles. The number of aromatic carboxylic acids is 1. The Hall–Kier alpha value is -4.93. The normalized spacial score (nSPS) is 10.9. The molecule has 0 aliphatic heterocycles. The molecule has 0 aliphatic rings. The van der Waals surface area contributed by atoms with Crippen LogP contribution < -0.4 is 16.0 Å². The number of nitrogens with one attached hydrogen (secondary N) is 3. The lowest BCUT2D eigenvalue weighted by Gasteiger charge is -2.12. The molecule has 1 heterocycles. The molecule has 0 fully saturated rings. The fourth-order valence-corrected chi connectivity index (χ4v) is 4.44. The Bertz CT molecular complexity index is 1610. The van der Waals surface area contributed by atoms with Crippen molar-refractivity contribution in [3.8, 4) is 0 Å². The number of carboxylic acid groups (broad SMARTS) is 1. The molecule has 0 bridgehead atoms. The van der Waals surface area contributed by atoms with E-state index in [4.69, 9.17) is 16.7 Å². The van der Waals surface area contributed by atoms with Crippen LogP contribution in [0.3, 0.4) is 0 Å². The van der Waals surface area contributed by atoms with Crippen LogP contribution in [0.4, 0.5) is 11.4 Å². The van der Waals surface area contributed by atoms with Gasteiger partial charge in [-0.05, 0) is 66.2 Å². The molecular formula is C30H23ClN4O5S. The third-order valence-corrected chi connectivity index (χ3v) is 6.80. The number of halogens is 1. The molecule has 0 radical (unpaired) electrons. The predicted molar refractivity (Wildman–Crippen MR) is 159 cm³/mol. The van der Waals surface area contributed by atoms with Crippen molar-refractivity contribution in [1.82, 2.24) is 10.3 Å². The predicted octanol–water partition coefficient (Wildman–Crippen LogP) is 5.57. The zero-order chi connectivity index (χ0) is 29.2. The summed E-state index contributed by atoms with van der Waals surface area (Å²) in [6.45, 7) is 0. The molecule has 0 atom stereocenters. The Morgan fingerprint density at radius 3 is 2.41 bits per heavy atom. The van der Waals surface area contributed by atoms with Gasteiger partial charge in [-0.25, -0.2) is 4.79 Å². The number of carbonyl (C=O) groups is 4. The van der Waals surface area contributed by atoms with E-state index < -0.39 is 17.8 Å². The summed E-state index contributed by atoms with van der Waals surface area (Å²) in [7, 11) is 0. The number of carboxylic acids is 1. The van der Waals surface area contributed by atoms with Crippen molar-refractivity contribution in [3.63, 3.8) is 0 Å². The average molecular weight is 587 g/mol. The first-order valence-corrected chi connectivity index (χ1v) is 13.5. The summed E-state index contributed by atoms with van der Waals surface area (Å²) in [4.78, 5) is 54.5. The third-order valence-electron chi connectivity index (χ3n) is 5.47. The molecule has 9 nitrogen and oxygen atoms in total. The van der Waals surface area contributed by atoms with Crippen molar-refractivity contribution < 1.29 is 24.3 Å². The summed E-state index contributed by atoms with van der Waals surface area (Å²) in [5, 5.41) is 17.4. The van der Waals surface area contributed by atoms with Gasteiger partial charge < -0.3 is 21.1 Å². The Balaban J connectivity index is 1.43. The van der Waals surface area contributed by atoms with E-state index in [-0.39, 0.29) is 33.6 Å². The maximum Gasteiger partial charge on any atom is 0.335 e. The molecule has 11 heteroatoms. The Kier molecular flexibility index (Phi) is 9.87. The van der Waals surface area contributed by atoms with Crippen LogP contribution in [-0.4, -0.2) is 39.5 Å². The van der Waals surface area contributed by atoms with Crippen LogP contribution in [0, 0.1) is 0 Å². The highest BCUT2D eigenvalue weighted by molar-refractivity contribution is 8.00. The lowest BCUT2D eigenvalue weighted by Crippen LogP contribution is -2.30. The number of carbonyl (C=O) groups excluding carboxylic acids is 3. The van der Waals surface area contributed by atoms with Crippen molar-refractivity contribution in [2.75, 3.05) is 16.4 Å². The first kappa shape index (κ1) is 29.1. The van der Waals surface area contributed by atoms with Gasteiger partial charge in [-0.2, -0.15) is 0 Å². The van der Waals surface area contributed by atoms with Gasteiger partial charge >= 0.3 is 5.97 Å². The molecule has 4 rings (SSSR count). The van der Waals surface area contributed by atoms with Crippen LogP contribution >= 0.6 is 23.4 Å². The number of rotatable bonds is 10. The molecule has 0 spiro atoms. The van der Waals surface area contributed by atoms with Crippen LogP contribution in [0.25, 0.3) is 6.08 Å². The monoisotopic (exact) mass is 586 g/mol. The second-order valence-electron chi connectivity index (χ2n) is 8.48. The molecule has 3 aromatic carbocycles. The average Bonchev–Trinajstić information content (AvgIpc) is 2.98. The third kappa shape index (κ3) is 8.53. The van der Waals surface area contributed by atoms with Gasteiger partial charge in [0.1, 0.15) is 5.70 Å². The number of amides is 3. The molecule has 41 heavy (non-hydrogen) atoms. The minimum atomic E-state index is -1.14. The molecule has 4 N–H and O–H groups in total. The quantitative estimate of drug-likeness (QED) is 0.141. The number of anilines is 2. The van der Waals surface area contributed by atoms with Crippen LogP contribution in [0.1, 0.15) is 26.3 Å². The minimum Gasteiger partial charge on any atom is -0.478 e. The molecule has 0 unspecified atom stereocenters. The first-order chi connectivity index (χ1) is 19.8. The Morgan fingerprint density at radius 1 is 0.878 bits per heavy atom. The Morgan fingerprint density at radius 2 is 1.68 bits per heavy atom. The molecule has 206 valence electrons. The van der Waals surface area contributed by atoms with E-state index in [1.54, 1.807) is 79.1 Å². The number of hydrogen-bond donors (Lipinski definition) is 4. The SMILES string of the molecule is O=C(CSc1cccc(NC(=O)/C(=C/c2cccnc2)NC(=O)c2ccccc2)c1)Nc1cc(C(=O)O)ccc1Cl. The van der Waals surface area contributed by atoms with E-state index in [2.05, 4.69) is 20.9 Å². The number of aromatic nitrogens is 1. The Labute approximate surface area is 244 Å². The topological polar surface area (TPSA) is 137 Å². The van der Waals surface area contributed by atoms with Gasteiger partial charge in [-0.3, -0.25) is 19.4 Å². The fraction of sp³-hybridized carbons (Fsp3) is 0.0333. The van der Waals surface area contributed by atoms with Crippen LogP contribution in [-0.2, 0) is 9.59 Å². The van der Waals surface area contributed by atoms with Crippen molar-refractivity contribution in [1.29, 1.82) is 0 Å². The van der Waals surface area contributed by atoms with E-state index in [1.807, 2.05) is 0 Å². The molecule has 0 saturated carbocycles. The fourth-order valence-electron chi connectivity index (χ4n) is 3.52. The number of pyridine rings is 1. The standard InChI is InChI=1S/C30H23ClN4O5S/c31-24-12-11-21(30(39)40)15-25(24)34-27(36)18-41-23-10-4-9-22(16-23)33-29(38)26(14-19-6-5-13-32-17-19)35-28(37)20-7-2-1-3-8-20/h1-17H,18H2,(H,33,38)(H,34,36)(H,35,37)(H,39,40)/b26-14-. The van der Waals surface area contributed by atoms with E-state index in [9.17, 15) is 19.2 Å². The summed E-state index contributed by atoms with van der Waals surface area (Å²) in [6, 6.07) is 22.9. The maximum absolute atomic E-state index is 13.2. The summed E-state index contributed by atoms with van der Waals surface area (Å²) >= 11 is 7.29. The van der Waals surface area contributed by atoms with Crippen molar-refractivity contribution >= 4 is 64.5 Å². The smallest absolute Gasteiger partial charge is 0.335 e. The second kappa shape index (κ2) is 13.9. The van der Waals surface area contributed by atoms with Gasteiger partial charge in [-0.1, -0.05) is 41.9 Å².